The molecule has 2 heterocycles. The zero-order chi connectivity index (χ0) is 22.4. The molecule has 0 aliphatic rings. The van der Waals surface area contributed by atoms with Gasteiger partial charge in [0.1, 0.15) is 6.33 Å². The second-order valence-electron chi connectivity index (χ2n) is 5.42. The maximum atomic E-state index is 12.4. The van der Waals surface area contributed by atoms with E-state index in [1.807, 2.05) is 27.7 Å². The average molecular weight is 424 g/mol. The Morgan fingerprint density at radius 1 is 0.966 bits per heavy atom. The highest BCUT2D eigenvalue weighted by Gasteiger charge is 2.33. The number of hydrogen-bond acceptors (Lipinski definition) is 6. The van der Waals surface area contributed by atoms with Crippen molar-refractivity contribution in [3.05, 3.63) is 36.2 Å². The van der Waals surface area contributed by atoms with Gasteiger partial charge in [0, 0.05) is 18.5 Å². The van der Waals surface area contributed by atoms with E-state index in [4.69, 9.17) is 9.47 Å². The van der Waals surface area contributed by atoms with Crippen molar-refractivity contribution in [2.24, 2.45) is 5.92 Å². The largest absolute Gasteiger partial charge is 0.478 e. The van der Waals surface area contributed by atoms with Crippen LogP contribution in [-0.4, -0.2) is 33.1 Å². The van der Waals surface area contributed by atoms with E-state index in [-0.39, 0.29) is 24.3 Å². The average Bonchev–Trinajstić information content (AvgIpc) is 2.68. The Morgan fingerprint density at radius 2 is 1.59 bits per heavy atom. The summed E-state index contributed by atoms with van der Waals surface area (Å²) in [5.74, 6) is 0.128. The molecule has 0 saturated carbocycles. The molecule has 6 nitrogen and oxygen atoms in total. The summed E-state index contributed by atoms with van der Waals surface area (Å²) in [4.78, 5) is 13.8. The number of halogens is 5. The highest BCUT2D eigenvalue weighted by molar-refractivity contribution is 5.18. The third-order valence-corrected chi connectivity index (χ3v) is 2.68. The first-order valence-electron chi connectivity index (χ1n) is 8.89. The quantitative estimate of drug-likeness (QED) is 0.581. The van der Waals surface area contributed by atoms with Crippen LogP contribution in [0.4, 0.5) is 22.0 Å². The molecule has 0 amide bonds. The predicted octanol–water partition coefficient (Wildman–Crippen LogP) is 5.37. The molecule has 0 fully saturated rings. The predicted molar refractivity (Wildman–Crippen MR) is 96.9 cm³/mol. The van der Waals surface area contributed by atoms with Gasteiger partial charge in [-0.1, -0.05) is 27.7 Å². The molecular formula is C18H25F5N4O2. The number of nitrogens with zero attached hydrogens (tertiary/aromatic N) is 4. The lowest BCUT2D eigenvalue weighted by Gasteiger charge is -2.09. The third-order valence-electron chi connectivity index (χ3n) is 2.68. The standard InChI is InChI=1S/C9H12F2N2O.C7H7F3N2O.C2H6/c1-6(2)5-14-9-7(8(10)11)12-3-4-13-9;1-2-13-6-3-5(7(8,9)10)11-4-12-6;1-2/h3-4,6,8H,5H2,1-2H3;3-4H,2H2,1H3;1-2H3. The molecule has 164 valence electrons. The molecular weight excluding hydrogens is 399 g/mol. The van der Waals surface area contributed by atoms with E-state index in [2.05, 4.69) is 19.9 Å². The number of hydrogen-bond donors (Lipinski definition) is 0. The minimum absolute atomic E-state index is 0.0650. The summed E-state index contributed by atoms with van der Waals surface area (Å²) in [5.41, 5.74) is -1.39. The Bertz CT molecular complexity index is 700. The van der Waals surface area contributed by atoms with Gasteiger partial charge < -0.3 is 9.47 Å². The fraction of sp³-hybridized carbons (Fsp3) is 0.556. The van der Waals surface area contributed by atoms with Crippen molar-refractivity contribution >= 4 is 0 Å². The van der Waals surface area contributed by atoms with Crippen LogP contribution in [0.3, 0.4) is 0 Å². The van der Waals surface area contributed by atoms with Crippen LogP contribution in [0.2, 0.25) is 0 Å². The van der Waals surface area contributed by atoms with Crippen LogP contribution < -0.4 is 9.47 Å². The summed E-state index contributed by atoms with van der Waals surface area (Å²) in [6.07, 6.45) is -3.71. The molecule has 11 heteroatoms. The van der Waals surface area contributed by atoms with Crippen LogP contribution >= 0.6 is 0 Å². The number of alkyl halides is 5. The smallest absolute Gasteiger partial charge is 0.433 e. The zero-order valence-electron chi connectivity index (χ0n) is 16.9. The van der Waals surface area contributed by atoms with Crippen molar-refractivity contribution in [1.82, 2.24) is 19.9 Å². The molecule has 2 aromatic rings. The van der Waals surface area contributed by atoms with Crippen LogP contribution in [0.15, 0.2) is 24.8 Å². The molecule has 0 N–H and O–H groups in total. The molecule has 0 spiro atoms. The number of aromatic nitrogens is 4. The number of rotatable bonds is 6. The highest BCUT2D eigenvalue weighted by atomic mass is 19.4. The van der Waals surface area contributed by atoms with Gasteiger partial charge in [0.2, 0.25) is 11.8 Å². The fourth-order valence-electron chi connectivity index (χ4n) is 1.56. The van der Waals surface area contributed by atoms with E-state index in [1.165, 1.54) is 12.4 Å². The molecule has 0 aliphatic heterocycles. The molecule has 2 aromatic heterocycles. The van der Waals surface area contributed by atoms with E-state index >= 15 is 0 Å². The van der Waals surface area contributed by atoms with Crippen LogP contribution in [0.1, 0.15) is 52.4 Å². The van der Waals surface area contributed by atoms with Gasteiger partial charge in [-0.2, -0.15) is 13.2 Å². The third kappa shape index (κ3) is 10.5. The fourth-order valence-corrected chi connectivity index (χ4v) is 1.56. The van der Waals surface area contributed by atoms with E-state index in [9.17, 15) is 22.0 Å². The Morgan fingerprint density at radius 3 is 2.10 bits per heavy atom. The second kappa shape index (κ2) is 13.6. The van der Waals surface area contributed by atoms with Gasteiger partial charge in [0.25, 0.3) is 6.43 Å². The first-order valence-corrected chi connectivity index (χ1v) is 8.89. The monoisotopic (exact) mass is 424 g/mol. The van der Waals surface area contributed by atoms with Gasteiger partial charge >= 0.3 is 6.18 Å². The molecule has 29 heavy (non-hydrogen) atoms. The summed E-state index contributed by atoms with van der Waals surface area (Å²) in [6.45, 7) is 10.2. The molecule has 0 aromatic carbocycles. The SMILES string of the molecule is CC.CC(C)COc1nccnc1C(F)F.CCOc1cc(C(F)(F)F)ncn1. The second-order valence-corrected chi connectivity index (χ2v) is 5.42. The van der Waals surface area contributed by atoms with Crippen molar-refractivity contribution in [3.8, 4) is 11.8 Å². The molecule has 0 bridgehead atoms. The minimum atomic E-state index is -4.45. The Kier molecular flexibility index (Phi) is 12.4. The van der Waals surface area contributed by atoms with E-state index in [0.29, 0.717) is 6.61 Å². The maximum absolute atomic E-state index is 12.4. The van der Waals surface area contributed by atoms with Crippen LogP contribution in [0.5, 0.6) is 11.8 Å². The van der Waals surface area contributed by atoms with Crippen molar-refractivity contribution < 1.29 is 31.4 Å². The van der Waals surface area contributed by atoms with Crippen LogP contribution in [-0.2, 0) is 6.18 Å². The topological polar surface area (TPSA) is 70.0 Å². The summed E-state index contributed by atoms with van der Waals surface area (Å²) in [5, 5.41) is 0. The molecule has 0 radical (unpaired) electrons. The number of ether oxygens (including phenoxy) is 2. The van der Waals surface area contributed by atoms with E-state index in [1.54, 1.807) is 6.92 Å². The molecule has 0 aliphatic carbocycles. The summed E-state index contributed by atoms with van der Waals surface area (Å²) < 4.78 is 70.8. The van der Waals surface area contributed by atoms with Gasteiger partial charge in [-0.25, -0.2) is 28.7 Å². The lowest BCUT2D eigenvalue weighted by molar-refractivity contribution is -0.141. The first-order chi connectivity index (χ1) is 13.6. The Hall–Kier alpha value is -2.59. The zero-order valence-corrected chi connectivity index (χ0v) is 16.9. The first kappa shape index (κ1) is 26.4. The van der Waals surface area contributed by atoms with Crippen molar-refractivity contribution in [2.45, 2.75) is 47.2 Å². The summed E-state index contributed by atoms with van der Waals surface area (Å²) in [6, 6.07) is 0.767. The van der Waals surface area contributed by atoms with Gasteiger partial charge in [-0.3, -0.25) is 0 Å². The van der Waals surface area contributed by atoms with E-state index in [0.717, 1.165) is 12.4 Å². The van der Waals surface area contributed by atoms with Crippen molar-refractivity contribution in [2.75, 3.05) is 13.2 Å². The van der Waals surface area contributed by atoms with Crippen LogP contribution in [0.25, 0.3) is 0 Å². The van der Waals surface area contributed by atoms with Gasteiger partial charge in [-0.15, -0.1) is 0 Å². The van der Waals surface area contributed by atoms with Gasteiger partial charge in [0.15, 0.2) is 11.4 Å². The summed E-state index contributed by atoms with van der Waals surface area (Å²) in [7, 11) is 0. The normalized spacial score (nSPS) is 10.6. The van der Waals surface area contributed by atoms with Crippen molar-refractivity contribution in [3.63, 3.8) is 0 Å². The minimum Gasteiger partial charge on any atom is -0.478 e. The lowest BCUT2D eigenvalue weighted by Crippen LogP contribution is -2.08. The van der Waals surface area contributed by atoms with Gasteiger partial charge in [-0.05, 0) is 12.8 Å². The van der Waals surface area contributed by atoms with E-state index < -0.39 is 24.0 Å². The molecule has 0 saturated heterocycles. The Balaban J connectivity index is 0.000000499. The Labute approximate surface area is 166 Å². The highest BCUT2D eigenvalue weighted by Crippen LogP contribution is 2.28. The molecule has 0 unspecified atom stereocenters. The lowest BCUT2D eigenvalue weighted by atomic mass is 10.2. The van der Waals surface area contributed by atoms with Crippen LogP contribution in [0, 0.1) is 5.92 Å². The molecule has 0 atom stereocenters. The molecule has 2 rings (SSSR count). The summed E-state index contributed by atoms with van der Waals surface area (Å²) >= 11 is 0. The van der Waals surface area contributed by atoms with Gasteiger partial charge in [0.05, 0.1) is 13.2 Å². The maximum Gasteiger partial charge on any atom is 0.433 e. The van der Waals surface area contributed by atoms with Crippen molar-refractivity contribution in [1.29, 1.82) is 0 Å².